The van der Waals surface area contributed by atoms with Crippen molar-refractivity contribution in [1.29, 1.82) is 0 Å². The van der Waals surface area contributed by atoms with Crippen LogP contribution in [0.5, 0.6) is 0 Å². The maximum Gasteiger partial charge on any atom is 0.0656 e. The van der Waals surface area contributed by atoms with Crippen LogP contribution in [0.25, 0.3) is 0 Å². The molecule has 0 amide bonds. The van der Waals surface area contributed by atoms with E-state index in [9.17, 15) is 0 Å². The first kappa shape index (κ1) is 6.43. The quantitative estimate of drug-likeness (QED) is 0.475. The standard InChI is InChI=1S/C6H12OS/c7-5-3-1-2-4-6(5)8/h5-8H,1-4H2/t5-,6-/m0/s1. The molecule has 8 heavy (non-hydrogen) atoms. The van der Waals surface area contributed by atoms with Crippen LogP contribution in [0.4, 0.5) is 0 Å². The van der Waals surface area contributed by atoms with Gasteiger partial charge in [-0.15, -0.1) is 0 Å². The molecule has 1 fully saturated rings. The van der Waals surface area contributed by atoms with Crippen molar-refractivity contribution in [2.75, 3.05) is 0 Å². The second-order valence-corrected chi connectivity index (χ2v) is 3.08. The van der Waals surface area contributed by atoms with Gasteiger partial charge in [0.25, 0.3) is 0 Å². The third-order valence-electron chi connectivity index (χ3n) is 1.69. The first-order valence-electron chi connectivity index (χ1n) is 3.17. The van der Waals surface area contributed by atoms with Crippen molar-refractivity contribution in [1.82, 2.24) is 0 Å². The monoisotopic (exact) mass is 132 g/mol. The van der Waals surface area contributed by atoms with E-state index in [1.807, 2.05) is 0 Å². The van der Waals surface area contributed by atoms with E-state index < -0.39 is 0 Å². The topological polar surface area (TPSA) is 20.2 Å². The largest absolute Gasteiger partial charge is 0.392 e. The second kappa shape index (κ2) is 2.74. The maximum atomic E-state index is 9.10. The number of aliphatic hydroxyl groups excluding tert-OH is 1. The van der Waals surface area contributed by atoms with Crippen molar-refractivity contribution >= 4 is 12.6 Å². The van der Waals surface area contributed by atoms with Crippen molar-refractivity contribution in [3.05, 3.63) is 0 Å². The minimum Gasteiger partial charge on any atom is -0.392 e. The molecule has 0 bridgehead atoms. The zero-order valence-electron chi connectivity index (χ0n) is 4.88. The minimum atomic E-state index is -0.132. The minimum absolute atomic E-state index is 0.132. The Balaban J connectivity index is 2.28. The molecule has 1 saturated carbocycles. The van der Waals surface area contributed by atoms with E-state index in [1.165, 1.54) is 12.8 Å². The molecular weight excluding hydrogens is 120 g/mol. The molecule has 0 aromatic carbocycles. The van der Waals surface area contributed by atoms with Gasteiger partial charge in [0.2, 0.25) is 0 Å². The third-order valence-corrected chi connectivity index (χ3v) is 2.30. The van der Waals surface area contributed by atoms with E-state index in [0.717, 1.165) is 12.8 Å². The van der Waals surface area contributed by atoms with E-state index in [1.54, 1.807) is 0 Å². The van der Waals surface area contributed by atoms with Gasteiger partial charge >= 0.3 is 0 Å². The highest BCUT2D eigenvalue weighted by molar-refractivity contribution is 7.81. The molecule has 1 nitrogen and oxygen atoms in total. The van der Waals surface area contributed by atoms with Crippen LogP contribution in [0.1, 0.15) is 25.7 Å². The predicted molar refractivity (Wildman–Crippen MR) is 37.2 cm³/mol. The Morgan fingerprint density at radius 2 is 1.88 bits per heavy atom. The fraction of sp³-hybridized carbons (Fsp3) is 1.00. The Kier molecular flexibility index (Phi) is 2.20. The summed E-state index contributed by atoms with van der Waals surface area (Å²) in [5.74, 6) is 0. The smallest absolute Gasteiger partial charge is 0.0656 e. The summed E-state index contributed by atoms with van der Waals surface area (Å²) in [6, 6.07) is 0. The van der Waals surface area contributed by atoms with E-state index in [4.69, 9.17) is 5.11 Å². The summed E-state index contributed by atoms with van der Waals surface area (Å²) < 4.78 is 0. The normalized spacial score (nSPS) is 39.8. The van der Waals surface area contributed by atoms with Crippen molar-refractivity contribution < 1.29 is 5.11 Å². The Morgan fingerprint density at radius 3 is 2.25 bits per heavy atom. The van der Waals surface area contributed by atoms with Gasteiger partial charge < -0.3 is 5.11 Å². The molecule has 1 N–H and O–H groups in total. The molecule has 1 aliphatic rings. The molecule has 2 heteroatoms. The molecular formula is C6H12OS. The molecule has 2 atom stereocenters. The average Bonchev–Trinajstić information content (AvgIpc) is 1.77. The van der Waals surface area contributed by atoms with Crippen molar-refractivity contribution in [2.45, 2.75) is 37.0 Å². The van der Waals surface area contributed by atoms with Gasteiger partial charge in [-0.1, -0.05) is 12.8 Å². The van der Waals surface area contributed by atoms with Crippen LogP contribution in [0.15, 0.2) is 0 Å². The average molecular weight is 132 g/mol. The molecule has 0 unspecified atom stereocenters. The highest BCUT2D eigenvalue weighted by Crippen LogP contribution is 2.21. The summed E-state index contributed by atoms with van der Waals surface area (Å²) in [6.07, 6.45) is 4.33. The van der Waals surface area contributed by atoms with Gasteiger partial charge in [-0.3, -0.25) is 0 Å². The zero-order chi connectivity index (χ0) is 5.98. The summed E-state index contributed by atoms with van der Waals surface area (Å²) >= 11 is 4.21. The third kappa shape index (κ3) is 1.39. The molecule has 0 radical (unpaired) electrons. The molecule has 1 rings (SSSR count). The van der Waals surface area contributed by atoms with Gasteiger partial charge in [-0.25, -0.2) is 0 Å². The van der Waals surface area contributed by atoms with Crippen LogP contribution in [0.2, 0.25) is 0 Å². The van der Waals surface area contributed by atoms with Crippen LogP contribution in [-0.4, -0.2) is 16.5 Å². The van der Waals surface area contributed by atoms with Gasteiger partial charge in [0.1, 0.15) is 0 Å². The van der Waals surface area contributed by atoms with Crippen molar-refractivity contribution in [3.63, 3.8) is 0 Å². The summed E-state index contributed by atoms with van der Waals surface area (Å²) in [5, 5.41) is 9.35. The number of hydrogen-bond acceptors (Lipinski definition) is 2. The van der Waals surface area contributed by atoms with Crippen LogP contribution in [0, 0.1) is 0 Å². The van der Waals surface area contributed by atoms with Crippen LogP contribution in [0.3, 0.4) is 0 Å². The lowest BCUT2D eigenvalue weighted by molar-refractivity contribution is 0.137. The molecule has 48 valence electrons. The van der Waals surface area contributed by atoms with Crippen LogP contribution < -0.4 is 0 Å². The Labute approximate surface area is 55.5 Å². The SMILES string of the molecule is O[C@H]1CCCC[C@@H]1S. The van der Waals surface area contributed by atoms with Gasteiger partial charge in [0.05, 0.1) is 6.10 Å². The van der Waals surface area contributed by atoms with E-state index in [2.05, 4.69) is 12.6 Å². The summed E-state index contributed by atoms with van der Waals surface area (Å²) in [6.45, 7) is 0. The highest BCUT2D eigenvalue weighted by atomic mass is 32.1. The molecule has 0 aromatic heterocycles. The molecule has 0 heterocycles. The highest BCUT2D eigenvalue weighted by Gasteiger charge is 2.18. The molecule has 0 aromatic rings. The number of thiol groups is 1. The van der Waals surface area contributed by atoms with E-state index in [-0.39, 0.29) is 11.4 Å². The number of rotatable bonds is 0. The summed E-state index contributed by atoms with van der Waals surface area (Å²) in [4.78, 5) is 0. The lowest BCUT2D eigenvalue weighted by Crippen LogP contribution is -2.24. The number of aliphatic hydroxyl groups is 1. The van der Waals surface area contributed by atoms with E-state index >= 15 is 0 Å². The van der Waals surface area contributed by atoms with Crippen LogP contribution >= 0.6 is 12.6 Å². The van der Waals surface area contributed by atoms with Gasteiger partial charge in [0, 0.05) is 5.25 Å². The van der Waals surface area contributed by atoms with Gasteiger partial charge in [-0.2, -0.15) is 12.6 Å². The first-order valence-corrected chi connectivity index (χ1v) is 3.68. The maximum absolute atomic E-state index is 9.10. The number of hydrogen-bond donors (Lipinski definition) is 2. The molecule has 0 aliphatic heterocycles. The van der Waals surface area contributed by atoms with E-state index in [0.29, 0.717) is 0 Å². The summed E-state index contributed by atoms with van der Waals surface area (Å²) in [7, 11) is 0. The van der Waals surface area contributed by atoms with Gasteiger partial charge in [-0.05, 0) is 12.8 Å². The van der Waals surface area contributed by atoms with Crippen molar-refractivity contribution in [3.8, 4) is 0 Å². The second-order valence-electron chi connectivity index (χ2n) is 2.42. The predicted octanol–water partition coefficient (Wildman–Crippen LogP) is 1.22. The zero-order valence-corrected chi connectivity index (χ0v) is 5.77. The van der Waals surface area contributed by atoms with Gasteiger partial charge in [0.15, 0.2) is 0 Å². The molecule has 0 saturated heterocycles. The summed E-state index contributed by atoms with van der Waals surface area (Å²) in [5.41, 5.74) is 0. The fourth-order valence-corrected chi connectivity index (χ4v) is 1.42. The Morgan fingerprint density at radius 1 is 1.25 bits per heavy atom. The Hall–Kier alpha value is 0.310. The first-order chi connectivity index (χ1) is 3.80. The van der Waals surface area contributed by atoms with Crippen molar-refractivity contribution in [2.24, 2.45) is 0 Å². The Bertz CT molecular complexity index is 64.9. The lowest BCUT2D eigenvalue weighted by Gasteiger charge is -2.22. The molecule has 1 aliphatic carbocycles. The van der Waals surface area contributed by atoms with Crippen LogP contribution in [-0.2, 0) is 0 Å². The fourth-order valence-electron chi connectivity index (χ4n) is 1.09. The lowest BCUT2D eigenvalue weighted by atomic mass is 9.97. The molecule has 0 spiro atoms.